The smallest absolute Gasteiger partial charge is 0.253 e. The van der Waals surface area contributed by atoms with Gasteiger partial charge in [0.15, 0.2) is 5.78 Å². The zero-order valence-electron chi connectivity index (χ0n) is 19.6. The van der Waals surface area contributed by atoms with Crippen LogP contribution >= 0.6 is 24.8 Å². The number of carbonyl (C=O) groups is 2. The van der Waals surface area contributed by atoms with E-state index < -0.39 is 0 Å². The predicted molar refractivity (Wildman–Crippen MR) is 142 cm³/mol. The highest BCUT2D eigenvalue weighted by molar-refractivity contribution is 5.96. The van der Waals surface area contributed by atoms with E-state index in [0.29, 0.717) is 43.1 Å². The van der Waals surface area contributed by atoms with E-state index in [1.807, 2.05) is 71.6 Å². The Balaban J connectivity index is 0.00000216. The van der Waals surface area contributed by atoms with Crippen LogP contribution in [0.2, 0.25) is 0 Å². The summed E-state index contributed by atoms with van der Waals surface area (Å²) in [5, 5.41) is 0. The van der Waals surface area contributed by atoms with Crippen LogP contribution in [0.15, 0.2) is 78.9 Å². The number of ether oxygens (including phenoxy) is 2. The Morgan fingerprint density at radius 2 is 1.26 bits per heavy atom. The topological polar surface area (TPSA) is 59.1 Å². The molecule has 1 aliphatic rings. The largest absolute Gasteiger partial charge is 0.497 e. The van der Waals surface area contributed by atoms with Gasteiger partial charge in [-0.3, -0.25) is 14.5 Å². The Morgan fingerprint density at radius 3 is 1.83 bits per heavy atom. The average Bonchev–Trinajstić information content (AvgIpc) is 2.88. The van der Waals surface area contributed by atoms with Gasteiger partial charge in [-0.05, 0) is 60.7 Å². The van der Waals surface area contributed by atoms with Crippen molar-refractivity contribution in [2.24, 2.45) is 0 Å². The molecule has 0 N–H and O–H groups in total. The van der Waals surface area contributed by atoms with Crippen LogP contribution in [0.3, 0.4) is 0 Å². The Kier molecular flexibility index (Phi) is 11.1. The number of amides is 1. The molecule has 0 unspecified atom stereocenters. The molecule has 1 aliphatic heterocycles. The first kappa shape index (κ1) is 28.2. The van der Waals surface area contributed by atoms with Gasteiger partial charge in [0.25, 0.3) is 5.91 Å². The van der Waals surface area contributed by atoms with Crippen LogP contribution in [-0.4, -0.2) is 61.3 Å². The van der Waals surface area contributed by atoms with Gasteiger partial charge in [0, 0.05) is 50.3 Å². The van der Waals surface area contributed by atoms with Gasteiger partial charge < -0.3 is 14.4 Å². The van der Waals surface area contributed by atoms with Gasteiger partial charge in [-0.25, -0.2) is 0 Å². The van der Waals surface area contributed by atoms with Crippen molar-refractivity contribution in [1.82, 2.24) is 9.80 Å². The number of benzene rings is 3. The molecular weight excluding hydrogens is 487 g/mol. The van der Waals surface area contributed by atoms with Crippen molar-refractivity contribution in [2.75, 3.05) is 39.8 Å². The lowest BCUT2D eigenvalue weighted by Crippen LogP contribution is -2.49. The molecule has 3 aromatic carbocycles. The van der Waals surface area contributed by atoms with Gasteiger partial charge in [0.2, 0.25) is 0 Å². The minimum Gasteiger partial charge on any atom is -0.497 e. The average molecular weight is 517 g/mol. The van der Waals surface area contributed by atoms with Gasteiger partial charge in [0.05, 0.1) is 7.11 Å². The Bertz CT molecular complexity index is 1070. The number of methoxy groups -OCH3 is 1. The molecule has 0 aliphatic carbocycles. The van der Waals surface area contributed by atoms with Crippen LogP contribution in [0.5, 0.6) is 17.2 Å². The molecule has 1 heterocycles. The molecule has 186 valence electrons. The monoisotopic (exact) mass is 516 g/mol. The van der Waals surface area contributed by atoms with Crippen LogP contribution in [0.4, 0.5) is 0 Å². The van der Waals surface area contributed by atoms with Crippen molar-refractivity contribution < 1.29 is 19.1 Å². The highest BCUT2D eigenvalue weighted by Gasteiger charge is 2.22. The van der Waals surface area contributed by atoms with E-state index in [1.165, 1.54) is 0 Å². The molecule has 6 nitrogen and oxygen atoms in total. The molecule has 1 fully saturated rings. The van der Waals surface area contributed by atoms with Crippen molar-refractivity contribution >= 4 is 36.5 Å². The number of piperazine rings is 1. The van der Waals surface area contributed by atoms with Crippen LogP contribution < -0.4 is 9.47 Å². The molecule has 1 amide bonds. The number of rotatable bonds is 8. The number of hydrogen-bond donors (Lipinski definition) is 0. The summed E-state index contributed by atoms with van der Waals surface area (Å²) in [5.41, 5.74) is 1.40. The Morgan fingerprint density at radius 1 is 0.714 bits per heavy atom. The molecule has 1 saturated heterocycles. The van der Waals surface area contributed by atoms with Crippen LogP contribution in [-0.2, 0) is 0 Å². The lowest BCUT2D eigenvalue weighted by atomic mass is 10.1. The van der Waals surface area contributed by atoms with Crippen molar-refractivity contribution in [2.45, 2.75) is 6.42 Å². The highest BCUT2D eigenvalue weighted by Crippen LogP contribution is 2.24. The summed E-state index contributed by atoms with van der Waals surface area (Å²) in [6.07, 6.45) is 0.450. The first-order valence-corrected chi connectivity index (χ1v) is 11.1. The molecule has 8 heteroatoms. The Hall–Kier alpha value is -3.06. The van der Waals surface area contributed by atoms with E-state index in [9.17, 15) is 9.59 Å². The van der Waals surface area contributed by atoms with Gasteiger partial charge in [-0.2, -0.15) is 0 Å². The Labute approximate surface area is 218 Å². The lowest BCUT2D eigenvalue weighted by molar-refractivity contribution is 0.0628. The van der Waals surface area contributed by atoms with Crippen molar-refractivity contribution in [3.05, 3.63) is 90.0 Å². The minimum absolute atomic E-state index is 0. The predicted octanol–water partition coefficient (Wildman–Crippen LogP) is 5.36. The standard InChI is InChI=1S/C27H28N2O4.2ClH/c1-32-23-11-13-25(14-12-23)33-24-9-7-21(8-10-24)26(30)15-16-28-17-19-29(20-18-28)27(31)22-5-3-2-4-6-22;;/h2-14H,15-20H2,1H3;2*1H. The summed E-state index contributed by atoms with van der Waals surface area (Å²) in [6, 6.07) is 24.0. The molecular formula is C27H30Cl2N2O4. The second-order valence-corrected chi connectivity index (χ2v) is 7.98. The molecule has 0 saturated carbocycles. The number of halogens is 2. The maximum Gasteiger partial charge on any atom is 0.253 e. The second kappa shape index (κ2) is 13.7. The fraction of sp³-hybridized carbons (Fsp3) is 0.259. The summed E-state index contributed by atoms with van der Waals surface area (Å²) in [4.78, 5) is 29.3. The quantitative estimate of drug-likeness (QED) is 0.377. The maximum absolute atomic E-state index is 12.6. The summed E-state index contributed by atoms with van der Waals surface area (Å²) in [7, 11) is 1.62. The van der Waals surface area contributed by atoms with Crippen molar-refractivity contribution in [3.8, 4) is 17.2 Å². The first-order valence-electron chi connectivity index (χ1n) is 11.1. The fourth-order valence-electron chi connectivity index (χ4n) is 3.83. The van der Waals surface area contributed by atoms with E-state index in [4.69, 9.17) is 9.47 Å². The lowest BCUT2D eigenvalue weighted by Gasteiger charge is -2.34. The number of hydrogen-bond acceptors (Lipinski definition) is 5. The van der Waals surface area contributed by atoms with Gasteiger partial charge in [-0.1, -0.05) is 18.2 Å². The zero-order valence-corrected chi connectivity index (χ0v) is 21.2. The number of Topliss-reactive ketones (excluding diaryl/α,β-unsaturated/α-hetero) is 1. The third-order valence-electron chi connectivity index (χ3n) is 5.81. The summed E-state index contributed by atoms with van der Waals surface area (Å²) >= 11 is 0. The minimum atomic E-state index is 0. The maximum atomic E-state index is 12.6. The van der Waals surface area contributed by atoms with Crippen molar-refractivity contribution in [3.63, 3.8) is 0 Å². The third kappa shape index (κ3) is 7.72. The van der Waals surface area contributed by atoms with E-state index >= 15 is 0 Å². The molecule has 0 radical (unpaired) electrons. The van der Waals surface area contributed by atoms with Crippen molar-refractivity contribution in [1.29, 1.82) is 0 Å². The number of carbonyl (C=O) groups excluding carboxylic acids is 2. The number of ketones is 1. The first-order chi connectivity index (χ1) is 16.1. The highest BCUT2D eigenvalue weighted by atomic mass is 35.5. The molecule has 0 bridgehead atoms. The van der Waals surface area contributed by atoms with Crippen LogP contribution in [0.25, 0.3) is 0 Å². The van der Waals surface area contributed by atoms with Crippen LogP contribution in [0.1, 0.15) is 27.1 Å². The summed E-state index contributed by atoms with van der Waals surface area (Å²) in [6.45, 7) is 3.61. The molecule has 3 aromatic rings. The zero-order chi connectivity index (χ0) is 23.0. The summed E-state index contributed by atoms with van der Waals surface area (Å²) in [5.74, 6) is 2.33. The molecule has 0 aromatic heterocycles. The van der Waals surface area contributed by atoms with E-state index in [1.54, 1.807) is 19.2 Å². The SMILES string of the molecule is COc1ccc(Oc2ccc(C(=O)CCN3CCN(C(=O)c4ccccc4)CC3)cc2)cc1.Cl.Cl. The number of nitrogens with zero attached hydrogens (tertiary/aromatic N) is 2. The molecule has 0 spiro atoms. The van der Waals surface area contributed by atoms with Gasteiger partial charge >= 0.3 is 0 Å². The van der Waals surface area contributed by atoms with E-state index in [-0.39, 0.29) is 36.5 Å². The molecule has 35 heavy (non-hydrogen) atoms. The molecule has 4 rings (SSSR count). The second-order valence-electron chi connectivity index (χ2n) is 7.98. The molecule has 0 atom stereocenters. The van der Waals surface area contributed by atoms with Crippen LogP contribution in [0, 0.1) is 0 Å². The van der Waals surface area contributed by atoms with E-state index in [2.05, 4.69) is 4.90 Å². The fourth-order valence-corrected chi connectivity index (χ4v) is 3.83. The summed E-state index contributed by atoms with van der Waals surface area (Å²) < 4.78 is 11.0. The van der Waals surface area contributed by atoms with Gasteiger partial charge in [-0.15, -0.1) is 24.8 Å². The van der Waals surface area contributed by atoms with Gasteiger partial charge in [0.1, 0.15) is 17.2 Å². The van der Waals surface area contributed by atoms with E-state index in [0.717, 1.165) is 24.4 Å². The normalized spacial score (nSPS) is 13.2. The third-order valence-corrected chi connectivity index (χ3v) is 5.81.